The Labute approximate surface area is 792 Å². The fourth-order valence-corrected chi connectivity index (χ4v) is 16.2. The number of hydrogen-bond acceptors (Lipinski definition) is 18. The summed E-state index contributed by atoms with van der Waals surface area (Å²) in [5.74, 6) is -6.85. The number of ether oxygens (including phenoxy) is 12. The van der Waals surface area contributed by atoms with E-state index in [0.29, 0.717) is 74.1 Å². The lowest BCUT2D eigenvalue weighted by Crippen LogP contribution is -2.34. The fourth-order valence-electron chi connectivity index (χ4n) is 16.2. The van der Waals surface area contributed by atoms with Gasteiger partial charge in [-0.05, 0) is 184 Å². The molecular weight excluding hydrogens is 1660 g/mol. The molecule has 0 aliphatic carbocycles. The van der Waals surface area contributed by atoms with E-state index in [1.54, 1.807) is 72.8 Å². The summed E-state index contributed by atoms with van der Waals surface area (Å²) in [7, 11) is 0. The quantitative estimate of drug-likeness (QED) is 0.0197. The predicted molar refractivity (Wildman–Crippen MR) is 531 cm³/mol. The third-order valence-electron chi connectivity index (χ3n) is 24.0. The van der Waals surface area contributed by atoms with Crippen molar-refractivity contribution in [3.05, 3.63) is 179 Å². The molecule has 18 heteroatoms. The van der Waals surface area contributed by atoms with E-state index < -0.39 is 69.2 Å². The van der Waals surface area contributed by atoms with Gasteiger partial charge in [0.25, 0.3) is 0 Å². The number of benzene rings is 7. The molecular formula is C114H162O18. The predicted octanol–water partition coefficient (Wildman–Crippen LogP) is 32.5. The van der Waals surface area contributed by atoms with Gasteiger partial charge >= 0.3 is 35.8 Å². The normalized spacial score (nSPS) is 11.1. The van der Waals surface area contributed by atoms with Crippen LogP contribution in [0.3, 0.4) is 0 Å². The van der Waals surface area contributed by atoms with E-state index in [4.69, 9.17) is 56.8 Å². The fraction of sp³-hybridized carbons (Fsp3) is 0.579. The summed E-state index contributed by atoms with van der Waals surface area (Å²) in [6.45, 7) is 15.9. The zero-order chi connectivity index (χ0) is 93.7. The first-order valence-electron chi connectivity index (χ1n) is 51.8. The van der Waals surface area contributed by atoms with Crippen LogP contribution in [-0.2, 0) is 0 Å². The van der Waals surface area contributed by atoms with E-state index in [1.165, 1.54) is 265 Å². The SMILES string of the molecule is CCCCCCCCCCCOc1ccc(OC(=O)c2c(C(=O)Oc3ccc(OCCCCCCCCCCC)cc3)c(C(=O)Oc3ccc(OCCCCCCCCCCC)cc3)c(C(=O)Oc3ccc(OCCCCCCCCCCC)cc3)c(C(=O)Oc3ccc(OCCCCCCCCCCC)cc3)c2C(=O)Oc2ccc(OCCCCCCCCCCC)cc2)cc1. The maximum absolute atomic E-state index is 16.4. The summed E-state index contributed by atoms with van der Waals surface area (Å²) < 4.78 is 75.1. The summed E-state index contributed by atoms with van der Waals surface area (Å²) in [5.41, 5.74) is -6.32. The van der Waals surface area contributed by atoms with Crippen LogP contribution in [-0.4, -0.2) is 75.5 Å². The van der Waals surface area contributed by atoms with Crippen molar-refractivity contribution in [1.29, 1.82) is 0 Å². The first-order valence-corrected chi connectivity index (χ1v) is 51.8. The van der Waals surface area contributed by atoms with Gasteiger partial charge in [-0.25, -0.2) is 28.8 Å². The van der Waals surface area contributed by atoms with Gasteiger partial charge in [0.05, 0.1) is 73.0 Å². The summed E-state index contributed by atoms with van der Waals surface area (Å²) in [6, 6.07) is 36.9. The van der Waals surface area contributed by atoms with Crippen LogP contribution in [0.4, 0.5) is 0 Å². The van der Waals surface area contributed by atoms with Crippen LogP contribution in [0, 0.1) is 0 Å². The maximum Gasteiger partial charge on any atom is 0.345 e. The summed E-state index contributed by atoms with van der Waals surface area (Å²) in [6.07, 6.45) is 61.1. The highest BCUT2D eigenvalue weighted by atomic mass is 16.6. The first kappa shape index (κ1) is 109. The van der Waals surface area contributed by atoms with Gasteiger partial charge in [0.15, 0.2) is 0 Å². The lowest BCUT2D eigenvalue weighted by atomic mass is 9.85. The van der Waals surface area contributed by atoms with Crippen LogP contribution in [0.15, 0.2) is 146 Å². The zero-order valence-corrected chi connectivity index (χ0v) is 81.6. The molecule has 132 heavy (non-hydrogen) atoms. The second kappa shape index (κ2) is 69.9. The minimum Gasteiger partial charge on any atom is -0.494 e. The number of unbranched alkanes of at least 4 members (excludes halogenated alkanes) is 48. The smallest absolute Gasteiger partial charge is 0.345 e. The molecule has 7 aromatic carbocycles. The highest BCUT2D eigenvalue weighted by Gasteiger charge is 2.45. The van der Waals surface area contributed by atoms with E-state index in [-0.39, 0.29) is 34.5 Å². The molecule has 0 heterocycles. The van der Waals surface area contributed by atoms with Crippen molar-refractivity contribution in [3.63, 3.8) is 0 Å². The van der Waals surface area contributed by atoms with E-state index >= 15 is 28.8 Å². The molecule has 0 aliphatic heterocycles. The second-order valence-electron chi connectivity index (χ2n) is 35.5. The average molecular weight is 1820 g/mol. The Morgan fingerprint density at radius 3 is 0.333 bits per heavy atom. The van der Waals surface area contributed by atoms with Gasteiger partial charge < -0.3 is 56.8 Å². The molecule has 0 saturated carbocycles. The molecule has 0 bridgehead atoms. The van der Waals surface area contributed by atoms with Gasteiger partial charge in [0, 0.05) is 0 Å². The van der Waals surface area contributed by atoms with Crippen molar-refractivity contribution >= 4 is 35.8 Å². The van der Waals surface area contributed by atoms with Crippen molar-refractivity contribution < 1.29 is 85.6 Å². The minimum atomic E-state index is -1.49. The van der Waals surface area contributed by atoms with Gasteiger partial charge in [0.1, 0.15) is 69.0 Å². The maximum atomic E-state index is 16.4. The molecule has 7 rings (SSSR count). The number of esters is 6. The zero-order valence-electron chi connectivity index (χ0n) is 81.6. The number of carbonyl (C=O) groups is 6. The largest absolute Gasteiger partial charge is 0.494 e. The molecule has 0 aromatic heterocycles. The molecule has 0 amide bonds. The van der Waals surface area contributed by atoms with Crippen LogP contribution in [0.2, 0.25) is 0 Å². The lowest BCUT2D eigenvalue weighted by molar-refractivity contribution is 0.0635. The lowest BCUT2D eigenvalue weighted by Gasteiger charge is -2.22. The van der Waals surface area contributed by atoms with Crippen LogP contribution < -0.4 is 56.8 Å². The standard InChI is InChI=1S/C114H162O18/c1-7-13-19-25-31-37-43-49-55-85-121-91-61-73-97(74-62-91)127-109(115)103-104(110(116)128-98-75-63-92(64-76-98)122-86-56-50-44-38-32-26-20-14-8-2)106(112(118)130-100-79-67-94(68-80-100)124-88-58-52-46-40-34-28-22-16-10-4)108(114(120)132-102-83-71-96(72-84-102)126-90-60-54-48-42-36-30-24-18-12-6)107(113(119)131-101-81-69-95(70-82-101)125-89-59-53-47-41-35-29-23-17-11-5)105(103)111(117)129-99-77-65-93(66-78-99)123-87-57-51-45-39-33-27-21-15-9-3/h61-84H,7-60,85-90H2,1-6H3. The van der Waals surface area contributed by atoms with Crippen molar-refractivity contribution in [2.45, 2.75) is 388 Å². The Hall–Kier alpha value is -9.84. The third-order valence-corrected chi connectivity index (χ3v) is 24.0. The van der Waals surface area contributed by atoms with E-state index in [2.05, 4.69) is 41.5 Å². The number of rotatable bonds is 78. The topological polar surface area (TPSA) is 213 Å². The first-order chi connectivity index (χ1) is 64.9. The van der Waals surface area contributed by atoms with E-state index in [9.17, 15) is 0 Å². The minimum absolute atomic E-state index is 0.123. The Balaban J connectivity index is 1.39. The Bertz CT molecular complexity index is 3510. The van der Waals surface area contributed by atoms with Gasteiger partial charge in [-0.2, -0.15) is 0 Å². The summed E-state index contributed by atoms with van der Waals surface area (Å²) >= 11 is 0. The van der Waals surface area contributed by atoms with Gasteiger partial charge in [-0.15, -0.1) is 0 Å². The van der Waals surface area contributed by atoms with E-state index in [1.807, 2.05) is 0 Å². The van der Waals surface area contributed by atoms with Gasteiger partial charge in [0.2, 0.25) is 0 Å². The van der Waals surface area contributed by atoms with Crippen LogP contribution in [0.1, 0.15) is 450 Å². The molecule has 0 N–H and O–H groups in total. The highest BCUT2D eigenvalue weighted by Crippen LogP contribution is 2.38. The molecule has 7 aromatic rings. The third kappa shape index (κ3) is 45.3. The monoisotopic (exact) mass is 1820 g/mol. The second-order valence-corrected chi connectivity index (χ2v) is 35.5. The Morgan fingerprint density at radius 2 is 0.227 bits per heavy atom. The molecule has 0 aliphatic rings. The van der Waals surface area contributed by atoms with Gasteiger partial charge in [-0.3, -0.25) is 0 Å². The molecule has 726 valence electrons. The summed E-state index contributed by atoms with van der Waals surface area (Å²) in [4.78, 5) is 98.2. The average Bonchev–Trinajstić information content (AvgIpc) is 0.724. The Morgan fingerprint density at radius 1 is 0.136 bits per heavy atom. The van der Waals surface area contributed by atoms with Crippen molar-refractivity contribution in [3.8, 4) is 69.0 Å². The van der Waals surface area contributed by atoms with Crippen molar-refractivity contribution in [2.75, 3.05) is 39.6 Å². The molecule has 0 radical (unpaired) electrons. The molecule has 0 spiro atoms. The molecule has 18 nitrogen and oxygen atoms in total. The Kier molecular flexibility index (Phi) is 57.8. The molecule has 0 atom stereocenters. The number of hydrogen-bond donors (Lipinski definition) is 0. The molecule has 0 fully saturated rings. The molecule has 0 unspecified atom stereocenters. The van der Waals surface area contributed by atoms with Crippen LogP contribution >= 0.6 is 0 Å². The van der Waals surface area contributed by atoms with Crippen LogP contribution in [0.5, 0.6) is 69.0 Å². The van der Waals surface area contributed by atoms with E-state index in [0.717, 1.165) is 154 Å². The van der Waals surface area contributed by atoms with Gasteiger partial charge in [-0.1, -0.05) is 350 Å². The van der Waals surface area contributed by atoms with Crippen molar-refractivity contribution in [1.82, 2.24) is 0 Å². The summed E-state index contributed by atoms with van der Waals surface area (Å²) in [5, 5.41) is 0. The number of carbonyl (C=O) groups excluding carboxylic acids is 6. The highest BCUT2D eigenvalue weighted by molar-refractivity contribution is 6.25. The molecule has 0 saturated heterocycles. The van der Waals surface area contributed by atoms with Crippen LogP contribution in [0.25, 0.3) is 0 Å². The van der Waals surface area contributed by atoms with Crippen molar-refractivity contribution in [2.24, 2.45) is 0 Å².